The van der Waals surface area contributed by atoms with E-state index >= 15 is 0 Å². The Morgan fingerprint density at radius 2 is 0.513 bits per heavy atom. The predicted octanol–water partition coefficient (Wildman–Crippen LogP) is 24.4. The molecule has 0 radical (unpaired) electrons. The summed E-state index contributed by atoms with van der Waals surface area (Å²) in [6.45, 7) is 62.5. The first-order valence-corrected chi connectivity index (χ1v) is 31.6. The Bertz CT molecular complexity index is 2900. The van der Waals surface area contributed by atoms with Crippen LogP contribution in [0.25, 0.3) is 0 Å². The lowest BCUT2D eigenvalue weighted by molar-refractivity contribution is 1.23. The maximum Gasteiger partial charge on any atom is 0.00489 e. The molecule has 0 aliphatic carbocycles. The normalized spacial score (nSPS) is 9.86. The van der Waals surface area contributed by atoms with Gasteiger partial charge in [0.25, 0.3) is 0 Å². The molecule has 0 amide bonds. The van der Waals surface area contributed by atoms with Gasteiger partial charge in [0.15, 0.2) is 0 Å². The van der Waals surface area contributed by atoms with E-state index in [1.165, 1.54) is 155 Å². The molecule has 0 aliphatic heterocycles. The molecule has 0 fully saturated rings. The summed E-state index contributed by atoms with van der Waals surface area (Å²) in [6.07, 6.45) is 0. The van der Waals surface area contributed by atoms with Crippen molar-refractivity contribution in [3.05, 3.63) is 245 Å². The molecule has 0 saturated carbocycles. The summed E-state index contributed by atoms with van der Waals surface area (Å²) in [7, 11) is 0. The fraction of sp³-hybridized carbons (Fsp3) is 0.397. The van der Waals surface area contributed by atoms with Crippen LogP contribution in [0.3, 0.4) is 0 Å². The molecule has 0 atom stereocenters. The summed E-state index contributed by atoms with van der Waals surface area (Å²) >= 11 is 9.31. The maximum absolute atomic E-state index is 2.22. The Morgan fingerprint density at radius 3 is 0.679 bits per heavy atom. The van der Waals surface area contributed by atoms with E-state index in [1.807, 2.05) is 56.7 Å². The molecule has 78 heavy (non-hydrogen) atoms. The van der Waals surface area contributed by atoms with Gasteiger partial charge >= 0.3 is 0 Å². The average Bonchev–Trinajstić information content (AvgIpc) is 4.10. The zero-order valence-corrected chi connectivity index (χ0v) is 58.3. The number of hydrogen-bond donors (Lipinski definition) is 0. The van der Waals surface area contributed by atoms with Crippen molar-refractivity contribution in [2.45, 2.75) is 201 Å². The molecule has 424 valence electrons. The summed E-state index contributed by atoms with van der Waals surface area (Å²) in [6, 6.07) is 30.6. The third-order valence-electron chi connectivity index (χ3n) is 14.3. The molecule has 9 rings (SSSR count). The Hall–Kier alpha value is -4.62. The highest BCUT2D eigenvalue weighted by molar-refractivity contribution is 7.13. The molecule has 0 nitrogen and oxygen atoms in total. The number of rotatable bonds is 0. The molecule has 0 N–H and O–H groups in total. The highest BCUT2D eigenvalue weighted by Crippen LogP contribution is 2.25. The Labute approximate surface area is 499 Å². The Kier molecular flexibility index (Phi) is 32.2. The first kappa shape index (κ1) is 71.4. The lowest BCUT2D eigenvalue weighted by Gasteiger charge is -2.04. The molecule has 0 bridgehead atoms. The van der Waals surface area contributed by atoms with Crippen LogP contribution in [0.15, 0.2) is 90.3 Å². The molecule has 0 spiro atoms. The van der Waals surface area contributed by atoms with Gasteiger partial charge in [-0.05, 0) is 314 Å². The second-order valence-electron chi connectivity index (χ2n) is 21.6. The average molecular weight is 1140 g/mol. The van der Waals surface area contributed by atoms with E-state index < -0.39 is 0 Å². The first-order valence-electron chi connectivity index (χ1n) is 27.5. The van der Waals surface area contributed by atoms with Crippen molar-refractivity contribution in [1.29, 1.82) is 0 Å². The summed E-state index contributed by atoms with van der Waals surface area (Å²) in [4.78, 5) is 12.9. The summed E-state index contributed by atoms with van der Waals surface area (Å²) in [5.74, 6) is 0. The summed E-state index contributed by atoms with van der Waals surface area (Å²) in [5, 5.41) is 2.20. The van der Waals surface area contributed by atoms with Gasteiger partial charge in [-0.25, -0.2) is 0 Å². The van der Waals surface area contributed by atoms with Crippen molar-refractivity contribution < 1.29 is 0 Å². The molecule has 0 unspecified atom stereocenters. The van der Waals surface area contributed by atoms with Crippen LogP contribution >= 0.6 is 56.7 Å². The SMILES string of the molecule is Cc1cc(C)c(C)c(C)c1.Cc1cc(C)c(C)c(C)c1.Cc1cc(C)c(C)s1.Cc1cc(C)c(C)s1.Cc1cc(C)cc(C)c1.Cc1ccc(C)s1.Cc1cccc(C)c1C.Cc1csc(C)c1C.Cc1sc(C)c(C)c1C. The molecule has 0 aliphatic rings. The van der Waals surface area contributed by atoms with Gasteiger partial charge in [0.2, 0.25) is 0 Å². The van der Waals surface area contributed by atoms with Crippen LogP contribution < -0.4 is 0 Å². The van der Waals surface area contributed by atoms with Crippen LogP contribution in [-0.2, 0) is 0 Å². The minimum Gasteiger partial charge on any atom is -0.149 e. The second-order valence-corrected chi connectivity index (χ2v) is 28.6. The predicted molar refractivity (Wildman–Crippen MR) is 365 cm³/mol. The Balaban J connectivity index is 0.000000439. The van der Waals surface area contributed by atoms with Gasteiger partial charge in [-0.1, -0.05) is 88.5 Å². The van der Waals surface area contributed by atoms with E-state index in [-0.39, 0.29) is 0 Å². The fourth-order valence-electron chi connectivity index (χ4n) is 8.22. The zero-order valence-electron chi connectivity index (χ0n) is 54.2. The van der Waals surface area contributed by atoms with Crippen molar-refractivity contribution in [2.24, 2.45) is 0 Å². The highest BCUT2D eigenvalue weighted by Gasteiger charge is 2.03. The standard InChI is InChI=1S/2C10H14.2C9H12.C8H12S.3C7H10S.C6H8S/c2*1-7-5-8(2)10(4)9(3)6-7;1-7-4-8(2)6-9(3)5-7;1-7-5-4-6-8(2)9(7)3;1-5-6(2)8(4)9-7(5)3;1-5-4-8-7(3)6(5)2;2*1-5-4-6(2)8-7(5)3;1-5-3-4-6(2)7-5/h2*5-6H,1-4H3;2*4-6H,1-3H3;1-4H3;3*4H,1-3H3;3-4H,1-2H3. The molecule has 0 saturated heterocycles. The number of benzene rings is 4. The van der Waals surface area contributed by atoms with Gasteiger partial charge in [-0.15, -0.1) is 56.7 Å². The second kappa shape index (κ2) is 35.2. The molecule has 4 aromatic carbocycles. The number of hydrogen-bond acceptors (Lipinski definition) is 5. The van der Waals surface area contributed by atoms with E-state index in [9.17, 15) is 0 Å². The van der Waals surface area contributed by atoms with Crippen molar-refractivity contribution in [1.82, 2.24) is 0 Å². The zero-order chi connectivity index (χ0) is 59.9. The smallest absolute Gasteiger partial charge is 0.00489 e. The Morgan fingerprint density at radius 1 is 0.205 bits per heavy atom. The summed E-state index contributed by atoms with van der Waals surface area (Å²) in [5.41, 5.74) is 28.1. The van der Waals surface area contributed by atoms with Gasteiger partial charge in [-0.3, -0.25) is 0 Å². The van der Waals surface area contributed by atoms with Crippen LogP contribution in [0.2, 0.25) is 0 Å². The molecule has 5 aromatic heterocycles. The van der Waals surface area contributed by atoms with Crippen LogP contribution in [-0.4, -0.2) is 0 Å². The van der Waals surface area contributed by atoms with Crippen LogP contribution in [0.4, 0.5) is 0 Å². The van der Waals surface area contributed by atoms with Gasteiger partial charge in [0, 0.05) is 43.9 Å². The molecular formula is C73H102S5. The third-order valence-corrected chi connectivity index (χ3v) is 19.7. The first-order chi connectivity index (χ1) is 36.1. The number of thiophene rings is 5. The van der Waals surface area contributed by atoms with Crippen molar-refractivity contribution in [3.8, 4) is 0 Å². The summed E-state index contributed by atoms with van der Waals surface area (Å²) < 4.78 is 0. The van der Waals surface area contributed by atoms with Crippen LogP contribution in [0.5, 0.6) is 0 Å². The van der Waals surface area contributed by atoms with Gasteiger partial charge in [0.1, 0.15) is 0 Å². The van der Waals surface area contributed by atoms with Gasteiger partial charge in [-0.2, -0.15) is 0 Å². The van der Waals surface area contributed by atoms with E-state index in [0.717, 1.165) is 0 Å². The van der Waals surface area contributed by atoms with E-state index in [0.29, 0.717) is 0 Å². The van der Waals surface area contributed by atoms with Crippen molar-refractivity contribution >= 4 is 56.7 Å². The van der Waals surface area contributed by atoms with Gasteiger partial charge in [0.05, 0.1) is 0 Å². The number of aryl methyl sites for hydroxylation is 23. The van der Waals surface area contributed by atoms with Crippen LogP contribution in [0, 0.1) is 201 Å². The van der Waals surface area contributed by atoms with Crippen molar-refractivity contribution in [2.75, 3.05) is 0 Å². The highest BCUT2D eigenvalue weighted by atomic mass is 32.1. The molecular weight excluding hydrogens is 1040 g/mol. The van der Waals surface area contributed by atoms with E-state index in [1.54, 1.807) is 0 Å². The molecule has 5 heteroatoms. The molecule has 5 heterocycles. The monoisotopic (exact) mass is 1140 g/mol. The lowest BCUT2D eigenvalue weighted by atomic mass is 10.0. The quantitative estimate of drug-likeness (QED) is 0.142. The molecule has 9 aromatic rings. The van der Waals surface area contributed by atoms with E-state index in [4.69, 9.17) is 0 Å². The fourth-order valence-corrected chi connectivity index (χ4v) is 12.8. The van der Waals surface area contributed by atoms with Crippen LogP contribution in [0.1, 0.15) is 155 Å². The van der Waals surface area contributed by atoms with E-state index in [2.05, 4.69) is 291 Å². The maximum atomic E-state index is 2.22. The van der Waals surface area contributed by atoms with Crippen molar-refractivity contribution in [3.63, 3.8) is 0 Å². The lowest BCUT2D eigenvalue weighted by Crippen LogP contribution is -1.86. The minimum absolute atomic E-state index is 1.35. The minimum atomic E-state index is 1.35. The van der Waals surface area contributed by atoms with Gasteiger partial charge < -0.3 is 0 Å². The largest absolute Gasteiger partial charge is 0.149 e. The third kappa shape index (κ3) is 26.6. The topological polar surface area (TPSA) is 0 Å².